The molecule has 0 bridgehead atoms. The maximum atomic E-state index is 11.6. The molecule has 0 spiro atoms. The van der Waals surface area contributed by atoms with Gasteiger partial charge in [0.15, 0.2) is 5.78 Å². The number of nitrogens with one attached hydrogen (secondary N) is 1. The van der Waals surface area contributed by atoms with Crippen LogP contribution in [0, 0.1) is 0 Å². The van der Waals surface area contributed by atoms with Crippen LogP contribution in [-0.4, -0.2) is 31.4 Å². The molecule has 1 N–H and O–H groups in total. The number of hydrogen-bond donors (Lipinski definition) is 1. The van der Waals surface area contributed by atoms with Crippen LogP contribution in [-0.2, 0) is 0 Å². The minimum Gasteiger partial charge on any atom is -0.294 e. The minimum absolute atomic E-state index is 0.188. The largest absolute Gasteiger partial charge is 0.294 e. The van der Waals surface area contributed by atoms with Gasteiger partial charge in [-0.15, -0.1) is 0 Å². The lowest BCUT2D eigenvalue weighted by Gasteiger charge is -2.13. The van der Waals surface area contributed by atoms with Crippen molar-refractivity contribution in [3.05, 3.63) is 35.9 Å². The Morgan fingerprint density at radius 1 is 1.36 bits per heavy atom. The summed E-state index contributed by atoms with van der Waals surface area (Å²) < 4.78 is 0. The first-order chi connectivity index (χ1) is 6.74. The molecule has 14 heavy (non-hydrogen) atoms. The first-order valence-electron chi connectivity index (χ1n) is 4.71. The zero-order valence-electron chi connectivity index (χ0n) is 8.66. The van der Waals surface area contributed by atoms with Gasteiger partial charge in [0, 0.05) is 25.6 Å². The smallest absolute Gasteiger partial charge is 0.164 e. The Hall–Kier alpha value is -1.19. The van der Waals surface area contributed by atoms with E-state index < -0.39 is 0 Å². The van der Waals surface area contributed by atoms with Gasteiger partial charge in [-0.05, 0) is 7.05 Å². The average Bonchev–Trinajstić information content (AvgIpc) is 2.26. The quantitative estimate of drug-likeness (QED) is 0.564. The summed E-state index contributed by atoms with van der Waals surface area (Å²) in [6.45, 7) is 0.726. The molecule has 3 heteroatoms. The fourth-order valence-electron chi connectivity index (χ4n) is 1.15. The highest BCUT2D eigenvalue weighted by Crippen LogP contribution is 2.02. The van der Waals surface area contributed by atoms with Gasteiger partial charge in [0.05, 0.1) is 0 Å². The Kier molecular flexibility index (Phi) is 4.29. The van der Waals surface area contributed by atoms with E-state index >= 15 is 0 Å². The standard InChI is InChI=1S/C11H16N2O/c1-12-13(2)9-8-11(14)10-6-4-3-5-7-10/h3-7,12H,8-9H2,1-2H3. The molecule has 0 heterocycles. The second-order valence-corrected chi connectivity index (χ2v) is 3.18. The number of carbonyl (C=O) groups is 1. The summed E-state index contributed by atoms with van der Waals surface area (Å²) in [4.78, 5) is 11.6. The molecule has 0 aromatic heterocycles. The number of nitrogens with zero attached hydrogens (tertiary/aromatic N) is 1. The molecule has 0 aliphatic carbocycles. The van der Waals surface area contributed by atoms with E-state index in [1.165, 1.54) is 0 Å². The summed E-state index contributed by atoms with van der Waals surface area (Å²) in [7, 11) is 3.76. The van der Waals surface area contributed by atoms with Crippen molar-refractivity contribution < 1.29 is 4.79 Å². The molecule has 0 atom stereocenters. The third-order valence-electron chi connectivity index (χ3n) is 2.15. The van der Waals surface area contributed by atoms with Crippen molar-refractivity contribution in [3.8, 4) is 0 Å². The summed E-state index contributed by atoms with van der Waals surface area (Å²) in [6.07, 6.45) is 0.543. The second-order valence-electron chi connectivity index (χ2n) is 3.18. The summed E-state index contributed by atoms with van der Waals surface area (Å²) in [5.74, 6) is 0.188. The van der Waals surface area contributed by atoms with Crippen LogP contribution >= 0.6 is 0 Å². The van der Waals surface area contributed by atoms with E-state index in [4.69, 9.17) is 0 Å². The van der Waals surface area contributed by atoms with Crippen molar-refractivity contribution in [2.24, 2.45) is 0 Å². The Morgan fingerprint density at radius 2 is 2.00 bits per heavy atom. The molecule has 0 aliphatic rings. The second kappa shape index (κ2) is 5.52. The SMILES string of the molecule is CNN(C)CCC(=O)c1ccccc1. The van der Waals surface area contributed by atoms with E-state index in [9.17, 15) is 4.79 Å². The number of rotatable bonds is 5. The lowest BCUT2D eigenvalue weighted by molar-refractivity contribution is 0.0961. The Bertz CT molecular complexity index is 285. The van der Waals surface area contributed by atoms with Gasteiger partial charge >= 0.3 is 0 Å². The molecular weight excluding hydrogens is 176 g/mol. The molecule has 1 aromatic rings. The predicted octanol–water partition coefficient (Wildman–Crippen LogP) is 1.33. The van der Waals surface area contributed by atoms with Crippen LogP contribution in [0.15, 0.2) is 30.3 Å². The topological polar surface area (TPSA) is 32.3 Å². The average molecular weight is 192 g/mol. The number of Topliss-reactive ketones (excluding diaryl/α,β-unsaturated/α-hetero) is 1. The Labute approximate surface area is 84.7 Å². The molecule has 0 fully saturated rings. The van der Waals surface area contributed by atoms with Crippen molar-refractivity contribution in [2.45, 2.75) is 6.42 Å². The lowest BCUT2D eigenvalue weighted by Crippen LogP contribution is -2.32. The third kappa shape index (κ3) is 3.28. The molecule has 3 nitrogen and oxygen atoms in total. The van der Waals surface area contributed by atoms with Crippen molar-refractivity contribution in [3.63, 3.8) is 0 Å². The Morgan fingerprint density at radius 3 is 2.57 bits per heavy atom. The van der Waals surface area contributed by atoms with E-state index in [1.807, 2.05) is 49.4 Å². The highest BCUT2D eigenvalue weighted by molar-refractivity contribution is 5.96. The van der Waals surface area contributed by atoms with E-state index in [2.05, 4.69) is 5.43 Å². The number of hydrazine groups is 1. The molecule has 0 saturated carbocycles. The van der Waals surface area contributed by atoms with Gasteiger partial charge in [-0.25, -0.2) is 5.01 Å². The number of ketones is 1. The third-order valence-corrected chi connectivity index (χ3v) is 2.15. The van der Waals surface area contributed by atoms with Crippen LogP contribution in [0.3, 0.4) is 0 Å². The van der Waals surface area contributed by atoms with Gasteiger partial charge in [-0.3, -0.25) is 10.2 Å². The van der Waals surface area contributed by atoms with Gasteiger partial charge < -0.3 is 0 Å². The molecule has 0 radical (unpaired) electrons. The zero-order valence-corrected chi connectivity index (χ0v) is 8.66. The van der Waals surface area contributed by atoms with E-state index in [1.54, 1.807) is 0 Å². The number of benzene rings is 1. The Balaban J connectivity index is 2.44. The maximum Gasteiger partial charge on any atom is 0.164 e. The van der Waals surface area contributed by atoms with Crippen molar-refractivity contribution in [1.29, 1.82) is 0 Å². The van der Waals surface area contributed by atoms with E-state index in [0.29, 0.717) is 6.42 Å². The van der Waals surface area contributed by atoms with Crippen LogP contribution in [0.25, 0.3) is 0 Å². The zero-order chi connectivity index (χ0) is 10.4. The van der Waals surface area contributed by atoms with E-state index in [0.717, 1.165) is 12.1 Å². The van der Waals surface area contributed by atoms with Gasteiger partial charge in [0.2, 0.25) is 0 Å². The fourth-order valence-corrected chi connectivity index (χ4v) is 1.15. The molecule has 0 saturated heterocycles. The lowest BCUT2D eigenvalue weighted by atomic mass is 10.1. The number of carbonyl (C=O) groups excluding carboxylic acids is 1. The summed E-state index contributed by atoms with van der Waals surface area (Å²) in [6, 6.07) is 9.38. The van der Waals surface area contributed by atoms with Crippen molar-refractivity contribution in [2.75, 3.05) is 20.6 Å². The molecule has 1 rings (SSSR count). The van der Waals surface area contributed by atoms with Crippen LogP contribution in [0.2, 0.25) is 0 Å². The summed E-state index contributed by atoms with van der Waals surface area (Å²) in [5, 5.41) is 1.89. The highest BCUT2D eigenvalue weighted by Gasteiger charge is 2.05. The molecule has 0 aliphatic heterocycles. The highest BCUT2D eigenvalue weighted by atomic mass is 16.1. The van der Waals surface area contributed by atoms with Crippen LogP contribution in [0.4, 0.5) is 0 Å². The molecule has 1 aromatic carbocycles. The van der Waals surface area contributed by atoms with Crippen molar-refractivity contribution in [1.82, 2.24) is 10.4 Å². The van der Waals surface area contributed by atoms with E-state index in [-0.39, 0.29) is 5.78 Å². The maximum absolute atomic E-state index is 11.6. The fraction of sp³-hybridized carbons (Fsp3) is 0.364. The van der Waals surface area contributed by atoms with Gasteiger partial charge in [0.1, 0.15) is 0 Å². The summed E-state index contributed by atoms with van der Waals surface area (Å²) in [5.41, 5.74) is 3.74. The first kappa shape index (κ1) is 10.9. The van der Waals surface area contributed by atoms with Crippen LogP contribution < -0.4 is 5.43 Å². The van der Waals surface area contributed by atoms with Crippen LogP contribution in [0.5, 0.6) is 0 Å². The summed E-state index contributed by atoms with van der Waals surface area (Å²) >= 11 is 0. The minimum atomic E-state index is 0.188. The first-order valence-corrected chi connectivity index (χ1v) is 4.71. The van der Waals surface area contributed by atoms with Gasteiger partial charge in [-0.1, -0.05) is 30.3 Å². The van der Waals surface area contributed by atoms with Crippen LogP contribution in [0.1, 0.15) is 16.8 Å². The van der Waals surface area contributed by atoms with Crippen molar-refractivity contribution >= 4 is 5.78 Å². The van der Waals surface area contributed by atoms with Gasteiger partial charge in [0.25, 0.3) is 0 Å². The molecule has 76 valence electrons. The normalized spacial score (nSPS) is 10.5. The van der Waals surface area contributed by atoms with Gasteiger partial charge in [-0.2, -0.15) is 0 Å². The molecule has 0 unspecified atom stereocenters. The molecular formula is C11H16N2O. The number of hydrogen-bond acceptors (Lipinski definition) is 3. The molecule has 0 amide bonds. The predicted molar refractivity (Wildman–Crippen MR) is 57.1 cm³/mol. The monoisotopic (exact) mass is 192 g/mol.